The molecule has 1 aromatic carbocycles. The molecule has 1 aliphatic rings. The van der Waals surface area contributed by atoms with Crippen molar-refractivity contribution in [2.24, 2.45) is 0 Å². The van der Waals surface area contributed by atoms with Crippen LogP contribution in [0.5, 0.6) is 0 Å². The van der Waals surface area contributed by atoms with E-state index in [0.29, 0.717) is 5.82 Å². The lowest BCUT2D eigenvalue weighted by Gasteiger charge is -2.11. The van der Waals surface area contributed by atoms with Crippen LogP contribution in [0, 0.1) is 0 Å². The molecule has 0 radical (unpaired) electrons. The van der Waals surface area contributed by atoms with E-state index < -0.39 is 0 Å². The Morgan fingerprint density at radius 3 is 3.00 bits per heavy atom. The molecule has 3 aromatic rings. The smallest absolute Gasteiger partial charge is 0.320 e. The molecular weight excluding hydrogens is 300 g/mol. The maximum Gasteiger partial charge on any atom is 0.320 e. The zero-order valence-electron chi connectivity index (χ0n) is 11.9. The first kappa shape index (κ1) is 13.1. The van der Waals surface area contributed by atoms with Crippen molar-refractivity contribution in [2.45, 2.75) is 6.54 Å². The van der Waals surface area contributed by atoms with Gasteiger partial charge in [0.2, 0.25) is 0 Å². The molecule has 2 aromatic heterocycles. The molecule has 7 nitrogen and oxygen atoms in total. The molecule has 3 heterocycles. The van der Waals surface area contributed by atoms with Crippen LogP contribution in [0.25, 0.3) is 10.2 Å². The summed E-state index contributed by atoms with van der Waals surface area (Å²) in [4.78, 5) is 18.2. The fraction of sp³-hybridized carbons (Fsp3) is 0.214. The van der Waals surface area contributed by atoms with Crippen molar-refractivity contribution in [1.82, 2.24) is 20.1 Å². The average molecular weight is 314 g/mol. The molecule has 0 fully saturated rings. The summed E-state index contributed by atoms with van der Waals surface area (Å²) in [5.74, 6) is 1.49. The number of hydrogen-bond donors (Lipinski definition) is 2. The van der Waals surface area contributed by atoms with Crippen molar-refractivity contribution >= 4 is 44.4 Å². The van der Waals surface area contributed by atoms with Gasteiger partial charge in [-0.2, -0.15) is 5.10 Å². The molecule has 0 atom stereocenters. The zero-order valence-corrected chi connectivity index (χ0v) is 12.7. The highest BCUT2D eigenvalue weighted by atomic mass is 32.1. The minimum atomic E-state index is -0.275. The molecular formula is C14H14N6OS. The number of aromatic nitrogens is 3. The SMILES string of the molecule is CNC(=O)Nc1cc2n(n1)CCN2c1nc2ccccc2s1. The van der Waals surface area contributed by atoms with Gasteiger partial charge in [-0.25, -0.2) is 14.5 Å². The highest BCUT2D eigenvalue weighted by molar-refractivity contribution is 7.22. The molecule has 112 valence electrons. The summed E-state index contributed by atoms with van der Waals surface area (Å²) in [6.07, 6.45) is 0. The Labute approximate surface area is 130 Å². The minimum absolute atomic E-state index is 0.275. The van der Waals surface area contributed by atoms with E-state index in [-0.39, 0.29) is 6.03 Å². The van der Waals surface area contributed by atoms with Gasteiger partial charge >= 0.3 is 6.03 Å². The minimum Gasteiger partial charge on any atom is -0.341 e. The number of urea groups is 1. The van der Waals surface area contributed by atoms with Gasteiger partial charge in [-0.05, 0) is 12.1 Å². The zero-order chi connectivity index (χ0) is 15.1. The van der Waals surface area contributed by atoms with Gasteiger partial charge in [-0.1, -0.05) is 23.5 Å². The molecule has 22 heavy (non-hydrogen) atoms. The number of thiazole rings is 1. The monoisotopic (exact) mass is 314 g/mol. The number of benzene rings is 1. The van der Waals surface area contributed by atoms with Crippen LogP contribution < -0.4 is 15.5 Å². The molecule has 0 saturated heterocycles. The first-order chi connectivity index (χ1) is 10.7. The number of hydrogen-bond acceptors (Lipinski definition) is 5. The van der Waals surface area contributed by atoms with Gasteiger partial charge < -0.3 is 10.2 Å². The maximum atomic E-state index is 11.4. The summed E-state index contributed by atoms with van der Waals surface area (Å²) in [5.41, 5.74) is 1.00. The Morgan fingerprint density at radius 1 is 1.32 bits per heavy atom. The summed E-state index contributed by atoms with van der Waals surface area (Å²) in [5, 5.41) is 10.5. The Kier molecular flexibility index (Phi) is 2.97. The highest BCUT2D eigenvalue weighted by Crippen LogP contribution is 2.36. The van der Waals surface area contributed by atoms with Gasteiger partial charge in [-0.15, -0.1) is 0 Å². The predicted molar refractivity (Wildman–Crippen MR) is 86.9 cm³/mol. The number of carbonyl (C=O) groups excluding carboxylic acids is 1. The van der Waals surface area contributed by atoms with E-state index in [2.05, 4.69) is 31.7 Å². The second-order valence-electron chi connectivity index (χ2n) is 4.93. The fourth-order valence-corrected chi connectivity index (χ4v) is 3.51. The van der Waals surface area contributed by atoms with Gasteiger partial charge in [0.1, 0.15) is 5.82 Å². The van der Waals surface area contributed by atoms with E-state index in [1.165, 1.54) is 4.70 Å². The maximum absolute atomic E-state index is 11.4. The van der Waals surface area contributed by atoms with Crippen LogP contribution in [-0.2, 0) is 6.54 Å². The standard InChI is InChI=1S/C14H14N6OS/c1-15-13(21)17-11-8-12-19(6-7-20(12)18-11)14-16-9-4-2-3-5-10(9)22-14/h2-5,8H,6-7H2,1H3,(H2,15,17,18,21). The highest BCUT2D eigenvalue weighted by Gasteiger charge is 2.25. The lowest BCUT2D eigenvalue weighted by Crippen LogP contribution is -2.24. The topological polar surface area (TPSA) is 75.1 Å². The molecule has 0 unspecified atom stereocenters. The van der Waals surface area contributed by atoms with Crippen molar-refractivity contribution in [1.29, 1.82) is 0 Å². The lowest BCUT2D eigenvalue weighted by atomic mass is 10.3. The molecule has 0 aliphatic carbocycles. The number of nitrogens with one attached hydrogen (secondary N) is 2. The van der Waals surface area contributed by atoms with Crippen LogP contribution in [-0.4, -0.2) is 34.4 Å². The second kappa shape index (κ2) is 4.99. The van der Waals surface area contributed by atoms with E-state index in [9.17, 15) is 4.79 Å². The van der Waals surface area contributed by atoms with Gasteiger partial charge in [0.25, 0.3) is 0 Å². The van der Waals surface area contributed by atoms with Gasteiger partial charge in [0.05, 0.1) is 16.8 Å². The Hall–Kier alpha value is -2.61. The van der Waals surface area contributed by atoms with E-state index in [4.69, 9.17) is 0 Å². The largest absolute Gasteiger partial charge is 0.341 e. The Bertz CT molecular complexity index is 821. The van der Waals surface area contributed by atoms with Gasteiger partial charge in [0, 0.05) is 19.7 Å². The van der Waals surface area contributed by atoms with Crippen LogP contribution >= 0.6 is 11.3 Å². The molecule has 0 bridgehead atoms. The third-order valence-electron chi connectivity index (χ3n) is 3.55. The Morgan fingerprint density at radius 2 is 2.18 bits per heavy atom. The molecule has 0 spiro atoms. The molecule has 0 saturated carbocycles. The van der Waals surface area contributed by atoms with Crippen molar-refractivity contribution in [2.75, 3.05) is 23.8 Å². The molecule has 4 rings (SSSR count). The van der Waals surface area contributed by atoms with Crippen LogP contribution in [0.2, 0.25) is 0 Å². The first-order valence-corrected chi connectivity index (χ1v) is 7.76. The average Bonchev–Trinajstić information content (AvgIpc) is 3.19. The summed E-state index contributed by atoms with van der Waals surface area (Å²) in [6.45, 7) is 1.61. The summed E-state index contributed by atoms with van der Waals surface area (Å²) in [7, 11) is 1.58. The fourth-order valence-electron chi connectivity index (χ4n) is 2.51. The van der Waals surface area contributed by atoms with E-state index in [1.54, 1.807) is 18.4 Å². The Balaban J connectivity index is 1.67. The number of nitrogens with zero attached hydrogens (tertiary/aromatic N) is 4. The number of anilines is 3. The number of rotatable bonds is 2. The number of para-hydroxylation sites is 1. The predicted octanol–water partition coefficient (Wildman–Crippen LogP) is 2.40. The molecule has 2 amide bonds. The van der Waals surface area contributed by atoms with Crippen LogP contribution in [0.1, 0.15) is 0 Å². The molecule has 1 aliphatic heterocycles. The number of carbonyl (C=O) groups is 1. The molecule has 8 heteroatoms. The van der Waals surface area contributed by atoms with Crippen molar-refractivity contribution < 1.29 is 4.79 Å². The van der Waals surface area contributed by atoms with Crippen LogP contribution in [0.4, 0.5) is 21.6 Å². The number of amides is 2. The van der Waals surface area contributed by atoms with E-state index in [0.717, 1.165) is 29.6 Å². The summed E-state index contributed by atoms with van der Waals surface area (Å²) < 4.78 is 3.05. The van der Waals surface area contributed by atoms with Crippen molar-refractivity contribution in [3.8, 4) is 0 Å². The van der Waals surface area contributed by atoms with Crippen LogP contribution in [0.15, 0.2) is 30.3 Å². The van der Waals surface area contributed by atoms with Crippen molar-refractivity contribution in [3.63, 3.8) is 0 Å². The number of fused-ring (bicyclic) bond motifs is 2. The first-order valence-electron chi connectivity index (χ1n) is 6.94. The van der Waals surface area contributed by atoms with Crippen molar-refractivity contribution in [3.05, 3.63) is 30.3 Å². The van der Waals surface area contributed by atoms with Crippen LogP contribution in [0.3, 0.4) is 0 Å². The summed E-state index contributed by atoms with van der Waals surface area (Å²) >= 11 is 1.66. The third kappa shape index (κ3) is 2.08. The normalized spacial score (nSPS) is 13.4. The quantitative estimate of drug-likeness (QED) is 0.761. The van der Waals surface area contributed by atoms with Gasteiger partial charge in [-0.3, -0.25) is 5.32 Å². The molecule has 2 N–H and O–H groups in total. The second-order valence-corrected chi connectivity index (χ2v) is 5.94. The lowest BCUT2D eigenvalue weighted by molar-refractivity contribution is 0.254. The van der Waals surface area contributed by atoms with Gasteiger partial charge in [0.15, 0.2) is 10.9 Å². The van der Waals surface area contributed by atoms with E-state index in [1.807, 2.05) is 28.9 Å². The summed E-state index contributed by atoms with van der Waals surface area (Å²) in [6, 6.07) is 9.69. The van der Waals surface area contributed by atoms with E-state index >= 15 is 0 Å². The third-order valence-corrected chi connectivity index (χ3v) is 4.61.